The lowest BCUT2D eigenvalue weighted by molar-refractivity contribution is -0.133. The van der Waals surface area contributed by atoms with Gasteiger partial charge in [-0.2, -0.15) is 0 Å². The standard InChI is InChI=1S/C27H28N2O2/c1-28-26(31)27(16-9-17-29(20-27)25(30)23-13-6-3-7-14-23)19-21-10-8-15-24(18-21)22-11-4-2-5-12-22/h2-8,10-15,18H,9,16-17,19-20H2,1H3,(H,28,31). The highest BCUT2D eigenvalue weighted by Gasteiger charge is 2.43. The van der Waals surface area contributed by atoms with Gasteiger partial charge in [-0.1, -0.05) is 72.8 Å². The summed E-state index contributed by atoms with van der Waals surface area (Å²) in [5, 5.41) is 2.86. The molecule has 0 bridgehead atoms. The van der Waals surface area contributed by atoms with Crippen LogP contribution in [0.3, 0.4) is 0 Å². The first-order chi connectivity index (χ1) is 15.1. The average Bonchev–Trinajstić information content (AvgIpc) is 2.84. The van der Waals surface area contributed by atoms with E-state index in [9.17, 15) is 9.59 Å². The van der Waals surface area contributed by atoms with Crippen LogP contribution in [0, 0.1) is 5.41 Å². The number of nitrogens with zero attached hydrogens (tertiary/aromatic N) is 1. The minimum absolute atomic E-state index is 0.00294. The minimum atomic E-state index is -0.632. The van der Waals surface area contributed by atoms with E-state index in [-0.39, 0.29) is 11.8 Å². The molecule has 1 N–H and O–H groups in total. The molecule has 2 amide bonds. The predicted molar refractivity (Wildman–Crippen MR) is 124 cm³/mol. The molecule has 4 nitrogen and oxygen atoms in total. The lowest BCUT2D eigenvalue weighted by Gasteiger charge is -2.41. The molecule has 1 atom stereocenters. The fraction of sp³-hybridized carbons (Fsp3) is 0.259. The third kappa shape index (κ3) is 4.53. The second kappa shape index (κ2) is 9.17. The maximum atomic E-state index is 13.1. The molecule has 3 aromatic rings. The maximum absolute atomic E-state index is 13.1. The van der Waals surface area contributed by atoms with E-state index in [1.807, 2.05) is 59.5 Å². The van der Waals surface area contributed by atoms with Crippen molar-refractivity contribution in [2.45, 2.75) is 19.3 Å². The number of carbonyl (C=O) groups excluding carboxylic acids is 2. The second-order valence-electron chi connectivity index (χ2n) is 8.30. The van der Waals surface area contributed by atoms with Crippen molar-refractivity contribution in [2.75, 3.05) is 20.1 Å². The van der Waals surface area contributed by atoms with E-state index in [2.05, 4.69) is 35.6 Å². The van der Waals surface area contributed by atoms with Crippen LogP contribution in [0.15, 0.2) is 84.9 Å². The molecule has 0 radical (unpaired) electrons. The van der Waals surface area contributed by atoms with Gasteiger partial charge in [0.2, 0.25) is 5.91 Å². The number of likely N-dealkylation sites (tertiary alicyclic amines) is 1. The lowest BCUT2D eigenvalue weighted by Crippen LogP contribution is -2.54. The predicted octanol–water partition coefficient (Wildman–Crippen LogP) is 4.56. The fourth-order valence-electron chi connectivity index (χ4n) is 4.63. The summed E-state index contributed by atoms with van der Waals surface area (Å²) < 4.78 is 0. The van der Waals surface area contributed by atoms with Gasteiger partial charge in [-0.15, -0.1) is 0 Å². The molecule has 1 aliphatic rings. The van der Waals surface area contributed by atoms with Crippen molar-refractivity contribution in [3.05, 3.63) is 96.1 Å². The number of hydrogen-bond acceptors (Lipinski definition) is 2. The van der Waals surface area contributed by atoms with Crippen molar-refractivity contribution >= 4 is 11.8 Å². The van der Waals surface area contributed by atoms with Gasteiger partial charge in [0.25, 0.3) is 5.91 Å². The number of carbonyl (C=O) groups is 2. The Bertz CT molecular complexity index is 1050. The Kier molecular flexibility index (Phi) is 6.17. The van der Waals surface area contributed by atoms with Gasteiger partial charge < -0.3 is 10.2 Å². The molecular weight excluding hydrogens is 384 g/mol. The molecule has 31 heavy (non-hydrogen) atoms. The van der Waals surface area contributed by atoms with Crippen LogP contribution < -0.4 is 5.32 Å². The van der Waals surface area contributed by atoms with Gasteiger partial charge in [0.05, 0.1) is 5.41 Å². The summed E-state index contributed by atoms with van der Waals surface area (Å²) in [7, 11) is 1.68. The normalized spacial score (nSPS) is 18.4. The van der Waals surface area contributed by atoms with Crippen molar-refractivity contribution in [3.63, 3.8) is 0 Å². The smallest absolute Gasteiger partial charge is 0.253 e. The topological polar surface area (TPSA) is 49.4 Å². The van der Waals surface area contributed by atoms with Crippen LogP contribution in [0.1, 0.15) is 28.8 Å². The zero-order valence-corrected chi connectivity index (χ0v) is 17.9. The van der Waals surface area contributed by atoms with Gasteiger partial charge in [-0.05, 0) is 48.1 Å². The van der Waals surface area contributed by atoms with E-state index in [0.29, 0.717) is 25.1 Å². The van der Waals surface area contributed by atoms with E-state index in [0.717, 1.165) is 29.5 Å². The van der Waals surface area contributed by atoms with Gasteiger partial charge in [0.15, 0.2) is 0 Å². The van der Waals surface area contributed by atoms with Crippen LogP contribution in [0.5, 0.6) is 0 Å². The Labute approximate surface area is 183 Å². The van der Waals surface area contributed by atoms with E-state index < -0.39 is 5.41 Å². The number of rotatable bonds is 5. The molecule has 3 aromatic carbocycles. The van der Waals surface area contributed by atoms with Gasteiger partial charge in [0.1, 0.15) is 0 Å². The maximum Gasteiger partial charge on any atom is 0.253 e. The van der Waals surface area contributed by atoms with Crippen LogP contribution in [0.4, 0.5) is 0 Å². The summed E-state index contributed by atoms with van der Waals surface area (Å²) in [6, 6.07) is 28.0. The highest BCUT2D eigenvalue weighted by atomic mass is 16.2. The molecule has 1 fully saturated rings. The zero-order valence-electron chi connectivity index (χ0n) is 17.9. The molecule has 4 rings (SSSR count). The highest BCUT2D eigenvalue weighted by molar-refractivity contribution is 5.95. The lowest BCUT2D eigenvalue weighted by atomic mass is 9.74. The molecule has 0 aromatic heterocycles. The summed E-state index contributed by atoms with van der Waals surface area (Å²) in [6.45, 7) is 1.10. The minimum Gasteiger partial charge on any atom is -0.359 e. The van der Waals surface area contributed by atoms with Crippen molar-refractivity contribution in [2.24, 2.45) is 5.41 Å². The molecule has 1 heterocycles. The molecule has 158 valence electrons. The number of piperidine rings is 1. The first-order valence-electron chi connectivity index (χ1n) is 10.8. The van der Waals surface area contributed by atoms with Crippen molar-refractivity contribution in [3.8, 4) is 11.1 Å². The molecule has 0 saturated carbocycles. The molecule has 1 unspecified atom stereocenters. The van der Waals surface area contributed by atoms with Crippen LogP contribution in [0.2, 0.25) is 0 Å². The Balaban J connectivity index is 1.61. The summed E-state index contributed by atoms with van der Waals surface area (Å²) >= 11 is 0. The summed E-state index contributed by atoms with van der Waals surface area (Å²) in [4.78, 5) is 28.0. The van der Waals surface area contributed by atoms with Crippen LogP contribution in [-0.4, -0.2) is 36.9 Å². The van der Waals surface area contributed by atoms with Crippen molar-refractivity contribution in [1.29, 1.82) is 0 Å². The zero-order chi connectivity index (χ0) is 21.7. The molecule has 1 aliphatic heterocycles. The monoisotopic (exact) mass is 412 g/mol. The Morgan fingerprint density at radius 2 is 1.58 bits per heavy atom. The molecule has 0 spiro atoms. The average molecular weight is 413 g/mol. The SMILES string of the molecule is CNC(=O)C1(Cc2cccc(-c3ccccc3)c2)CCCN(C(=O)c2ccccc2)C1. The largest absolute Gasteiger partial charge is 0.359 e. The van der Waals surface area contributed by atoms with Crippen LogP contribution in [-0.2, 0) is 11.2 Å². The molecular formula is C27H28N2O2. The Morgan fingerprint density at radius 3 is 2.29 bits per heavy atom. The first kappa shape index (κ1) is 20.9. The molecule has 1 saturated heterocycles. The number of benzene rings is 3. The highest BCUT2D eigenvalue weighted by Crippen LogP contribution is 2.35. The number of nitrogens with one attached hydrogen (secondary N) is 1. The summed E-state index contributed by atoms with van der Waals surface area (Å²) in [6.07, 6.45) is 2.18. The summed E-state index contributed by atoms with van der Waals surface area (Å²) in [5.74, 6) is -0.00482. The van der Waals surface area contributed by atoms with Gasteiger partial charge in [0, 0.05) is 25.7 Å². The molecule has 0 aliphatic carbocycles. The Hall–Kier alpha value is -3.40. The summed E-state index contributed by atoms with van der Waals surface area (Å²) in [5.41, 5.74) is 3.44. The van der Waals surface area contributed by atoms with E-state index >= 15 is 0 Å². The fourth-order valence-corrected chi connectivity index (χ4v) is 4.63. The van der Waals surface area contributed by atoms with Crippen molar-refractivity contribution < 1.29 is 9.59 Å². The number of amides is 2. The van der Waals surface area contributed by atoms with E-state index in [1.165, 1.54) is 0 Å². The van der Waals surface area contributed by atoms with Crippen LogP contribution >= 0.6 is 0 Å². The second-order valence-corrected chi connectivity index (χ2v) is 8.30. The van der Waals surface area contributed by atoms with Gasteiger partial charge in [-0.25, -0.2) is 0 Å². The third-order valence-corrected chi connectivity index (χ3v) is 6.17. The molecule has 4 heteroatoms. The van der Waals surface area contributed by atoms with Gasteiger partial charge in [-0.3, -0.25) is 9.59 Å². The van der Waals surface area contributed by atoms with Crippen molar-refractivity contribution in [1.82, 2.24) is 10.2 Å². The van der Waals surface area contributed by atoms with E-state index in [1.54, 1.807) is 7.05 Å². The Morgan fingerprint density at radius 1 is 0.903 bits per heavy atom. The van der Waals surface area contributed by atoms with E-state index in [4.69, 9.17) is 0 Å². The van der Waals surface area contributed by atoms with Gasteiger partial charge >= 0.3 is 0 Å². The first-order valence-corrected chi connectivity index (χ1v) is 10.8. The quantitative estimate of drug-likeness (QED) is 0.668. The number of hydrogen-bond donors (Lipinski definition) is 1. The van der Waals surface area contributed by atoms with Crippen LogP contribution in [0.25, 0.3) is 11.1 Å². The third-order valence-electron chi connectivity index (χ3n) is 6.17.